The average molecular weight is 374 g/mol. The summed E-state index contributed by atoms with van der Waals surface area (Å²) < 4.78 is 6.60. The zero-order valence-corrected chi connectivity index (χ0v) is 17.4. The number of carbonyl (C=O) groups excluding carboxylic acids is 1. The third kappa shape index (κ3) is 1.82. The third-order valence-corrected chi connectivity index (χ3v) is 10.2. The van der Waals surface area contributed by atoms with Crippen molar-refractivity contribution in [2.24, 2.45) is 39.9 Å². The number of methoxy groups -OCH3 is 1. The minimum atomic E-state index is -0.114. The summed E-state index contributed by atoms with van der Waals surface area (Å²) in [6, 6.07) is 0.214. The van der Waals surface area contributed by atoms with Crippen molar-refractivity contribution in [3.8, 4) is 0 Å². The molecule has 0 aromatic rings. The van der Waals surface area contributed by atoms with Gasteiger partial charge in [0.25, 0.3) is 0 Å². The Balaban J connectivity index is 1.74. The molecule has 0 amide bonds. The lowest BCUT2D eigenvalue weighted by molar-refractivity contribution is -0.572. The number of rotatable bonds is 4. The normalized spacial score (nSPS) is 49.7. The van der Waals surface area contributed by atoms with Crippen LogP contribution in [-0.2, 0) is 9.53 Å². The fraction of sp³-hybridized carbons (Fsp3) is 0.913. The summed E-state index contributed by atoms with van der Waals surface area (Å²) in [4.78, 5) is 12.2. The number of esters is 1. The van der Waals surface area contributed by atoms with Gasteiger partial charge in [0.2, 0.25) is 0 Å². The van der Waals surface area contributed by atoms with E-state index in [1.807, 2.05) is 0 Å². The minimum absolute atomic E-state index is 0.0808. The van der Waals surface area contributed by atoms with Gasteiger partial charge in [0, 0.05) is 23.7 Å². The second-order valence-electron chi connectivity index (χ2n) is 10.8. The molecule has 4 heteroatoms. The Bertz CT molecular complexity index is 714. The number of ether oxygens (including phenoxy) is 1. The monoisotopic (exact) mass is 373 g/mol. The van der Waals surface area contributed by atoms with E-state index in [0.29, 0.717) is 30.1 Å². The van der Waals surface area contributed by atoms with Gasteiger partial charge in [-0.05, 0) is 62.2 Å². The number of hydrogen-bond acceptors (Lipinski definition) is 3. The highest BCUT2D eigenvalue weighted by atomic mass is 16.5. The van der Waals surface area contributed by atoms with Crippen LogP contribution in [0.4, 0.5) is 0 Å². The Labute approximate surface area is 163 Å². The first-order chi connectivity index (χ1) is 12.8. The van der Waals surface area contributed by atoms with Gasteiger partial charge in [-0.2, -0.15) is 0 Å². The fourth-order valence-electron chi connectivity index (χ4n) is 9.36. The molecule has 4 fully saturated rings. The van der Waals surface area contributed by atoms with Gasteiger partial charge in [0.05, 0.1) is 12.5 Å². The predicted octanol–water partition coefficient (Wildman–Crippen LogP) is 4.54. The standard InChI is InChI=1S/C23H35NO3/c1-14(2)15-7-11-21(3)16-8-12-22-10-5-6-17(22)23(21,13-9-18(25)27-4)19(15)24(26)20(16)22/h14-17,20H,5-13H2,1-4H3/t15-,16?,17-,20-,21+,22-,23+/m1/s1. The van der Waals surface area contributed by atoms with Gasteiger partial charge in [-0.3, -0.25) is 4.79 Å². The Morgan fingerprint density at radius 1 is 1.26 bits per heavy atom. The van der Waals surface area contributed by atoms with E-state index in [4.69, 9.17) is 4.74 Å². The highest BCUT2D eigenvalue weighted by molar-refractivity contribution is 5.92. The molecule has 2 aliphatic heterocycles. The molecule has 4 saturated carbocycles. The van der Waals surface area contributed by atoms with Crippen LogP contribution in [0, 0.1) is 45.1 Å². The van der Waals surface area contributed by atoms with Crippen LogP contribution in [0.3, 0.4) is 0 Å². The largest absolute Gasteiger partial charge is 0.624 e. The maximum absolute atomic E-state index is 13.9. The topological polar surface area (TPSA) is 52.4 Å². The molecular formula is C23H35NO3. The SMILES string of the molecule is COC(=O)CC[C@@]12C3=[N+]([O-])[C@@H]4C(CC[C@@]45CCC[C@H]51)[C@]2(C)CC[C@@H]3C(C)C. The van der Waals surface area contributed by atoms with Crippen LogP contribution >= 0.6 is 0 Å². The molecule has 1 spiro atoms. The van der Waals surface area contributed by atoms with Crippen molar-refractivity contribution >= 4 is 11.7 Å². The number of hydroxylamine groups is 1. The highest BCUT2D eigenvalue weighted by Crippen LogP contribution is 2.80. The Hall–Kier alpha value is -1.06. The molecule has 6 rings (SSSR count). The van der Waals surface area contributed by atoms with Crippen LogP contribution in [0.1, 0.15) is 78.6 Å². The van der Waals surface area contributed by atoms with Crippen LogP contribution in [0.2, 0.25) is 0 Å². The molecule has 2 heterocycles. The van der Waals surface area contributed by atoms with Crippen molar-refractivity contribution in [3.05, 3.63) is 5.21 Å². The van der Waals surface area contributed by atoms with Crippen molar-refractivity contribution in [2.45, 2.75) is 84.6 Å². The molecule has 4 aliphatic carbocycles. The predicted molar refractivity (Wildman–Crippen MR) is 104 cm³/mol. The number of nitrogens with zero attached hydrogens (tertiary/aromatic N) is 1. The zero-order valence-electron chi connectivity index (χ0n) is 17.4. The van der Waals surface area contributed by atoms with Crippen molar-refractivity contribution in [2.75, 3.05) is 7.11 Å². The van der Waals surface area contributed by atoms with E-state index in [1.165, 1.54) is 51.3 Å². The lowest BCUT2D eigenvalue weighted by Gasteiger charge is -2.69. The first-order valence-corrected chi connectivity index (χ1v) is 11.2. The quantitative estimate of drug-likeness (QED) is 0.413. The van der Waals surface area contributed by atoms with Gasteiger partial charge in [0.15, 0.2) is 11.8 Å². The van der Waals surface area contributed by atoms with Crippen molar-refractivity contribution in [1.82, 2.24) is 0 Å². The number of hydrogen-bond donors (Lipinski definition) is 0. The summed E-state index contributed by atoms with van der Waals surface area (Å²) in [5.41, 5.74) is 1.54. The Morgan fingerprint density at radius 2 is 2.04 bits per heavy atom. The number of carbonyl (C=O) groups is 1. The van der Waals surface area contributed by atoms with E-state index in [2.05, 4.69) is 20.8 Å². The molecule has 0 aromatic heterocycles. The molecule has 0 saturated heterocycles. The van der Waals surface area contributed by atoms with Gasteiger partial charge >= 0.3 is 5.97 Å². The molecule has 27 heavy (non-hydrogen) atoms. The summed E-state index contributed by atoms with van der Waals surface area (Å²) >= 11 is 0. The molecule has 6 bridgehead atoms. The molecule has 0 N–H and O–H groups in total. The van der Waals surface area contributed by atoms with E-state index in [1.54, 1.807) is 4.74 Å². The molecule has 0 radical (unpaired) electrons. The molecular weight excluding hydrogens is 338 g/mol. The first kappa shape index (κ1) is 18.0. The van der Waals surface area contributed by atoms with E-state index in [0.717, 1.165) is 12.8 Å². The first-order valence-electron chi connectivity index (χ1n) is 11.2. The molecule has 150 valence electrons. The maximum atomic E-state index is 13.9. The van der Waals surface area contributed by atoms with Crippen LogP contribution in [-0.4, -0.2) is 29.6 Å². The Kier molecular flexibility index (Phi) is 3.67. The van der Waals surface area contributed by atoms with E-state index in [-0.39, 0.29) is 28.3 Å². The van der Waals surface area contributed by atoms with Gasteiger partial charge in [0.1, 0.15) is 0 Å². The van der Waals surface area contributed by atoms with Crippen LogP contribution < -0.4 is 0 Å². The summed E-state index contributed by atoms with van der Waals surface area (Å²) in [7, 11) is 1.49. The van der Waals surface area contributed by atoms with Crippen LogP contribution in [0.15, 0.2) is 0 Å². The molecule has 4 nitrogen and oxygen atoms in total. The van der Waals surface area contributed by atoms with Gasteiger partial charge in [-0.25, -0.2) is 4.74 Å². The lowest BCUT2D eigenvalue weighted by Crippen LogP contribution is -2.75. The van der Waals surface area contributed by atoms with Gasteiger partial charge in [-0.15, -0.1) is 0 Å². The summed E-state index contributed by atoms with van der Waals surface area (Å²) in [5.74, 6) is 1.88. The van der Waals surface area contributed by atoms with Crippen LogP contribution in [0.25, 0.3) is 0 Å². The summed E-state index contributed by atoms with van der Waals surface area (Å²) in [6.07, 6.45) is 9.85. The molecule has 7 atom stereocenters. The lowest BCUT2D eigenvalue weighted by atomic mass is 9.35. The van der Waals surface area contributed by atoms with E-state index in [9.17, 15) is 10.0 Å². The van der Waals surface area contributed by atoms with E-state index >= 15 is 0 Å². The molecule has 6 aliphatic rings. The van der Waals surface area contributed by atoms with Crippen LogP contribution in [0.5, 0.6) is 0 Å². The average Bonchev–Trinajstić information content (AvgIpc) is 3.23. The minimum Gasteiger partial charge on any atom is -0.624 e. The maximum Gasteiger partial charge on any atom is 0.305 e. The fourth-order valence-corrected chi connectivity index (χ4v) is 9.36. The summed E-state index contributed by atoms with van der Waals surface area (Å²) in [6.45, 7) is 7.06. The van der Waals surface area contributed by atoms with Crippen molar-refractivity contribution < 1.29 is 14.3 Å². The zero-order chi connectivity index (χ0) is 19.2. The second-order valence-corrected chi connectivity index (χ2v) is 10.8. The third-order valence-electron chi connectivity index (χ3n) is 10.2. The van der Waals surface area contributed by atoms with Gasteiger partial charge in [-0.1, -0.05) is 27.2 Å². The van der Waals surface area contributed by atoms with Gasteiger partial charge < -0.3 is 9.94 Å². The van der Waals surface area contributed by atoms with Crippen molar-refractivity contribution in [1.29, 1.82) is 0 Å². The molecule has 0 aromatic carbocycles. The second kappa shape index (κ2) is 5.51. The van der Waals surface area contributed by atoms with Crippen molar-refractivity contribution in [3.63, 3.8) is 0 Å². The molecule has 1 unspecified atom stereocenters. The highest BCUT2D eigenvalue weighted by Gasteiger charge is 2.83. The Morgan fingerprint density at radius 3 is 2.74 bits per heavy atom. The smallest absolute Gasteiger partial charge is 0.305 e. The van der Waals surface area contributed by atoms with E-state index < -0.39 is 0 Å². The summed E-state index contributed by atoms with van der Waals surface area (Å²) in [5, 5.41) is 13.9.